The first kappa shape index (κ1) is 154. The number of hydrogen-bond donors (Lipinski definition) is 0. The van der Waals surface area contributed by atoms with E-state index in [1.165, 1.54) is 36.8 Å². The summed E-state index contributed by atoms with van der Waals surface area (Å²) in [4.78, 5) is 9.17. The van der Waals surface area contributed by atoms with Crippen molar-refractivity contribution >= 4 is 56.8 Å². The van der Waals surface area contributed by atoms with E-state index >= 15 is 0 Å². The Balaban J connectivity index is -0.0000000583. The molecular weight excluding hydrogens is 1480 g/mol. The second-order valence-corrected chi connectivity index (χ2v) is 76.5. The van der Waals surface area contributed by atoms with E-state index in [1.54, 1.807) is 46.0 Å². The Morgan fingerprint density at radius 1 is 0.429 bits per heavy atom. The molecule has 112 heavy (non-hydrogen) atoms. The zero-order valence-electron chi connectivity index (χ0n) is 92.3. The summed E-state index contributed by atoms with van der Waals surface area (Å²) in [6, 6.07) is 0. The van der Waals surface area contributed by atoms with Crippen LogP contribution < -0.4 is 0 Å². The van der Waals surface area contributed by atoms with Gasteiger partial charge in [-0.05, 0) is 291 Å². The Bertz CT molecular complexity index is 1860. The van der Waals surface area contributed by atoms with Crippen molar-refractivity contribution in [2.75, 3.05) is 135 Å². The minimum atomic E-state index is -1.64. The van der Waals surface area contributed by atoms with Gasteiger partial charge in [0.25, 0.3) is 0 Å². The van der Waals surface area contributed by atoms with Crippen molar-refractivity contribution in [1.82, 2.24) is 19.6 Å². The van der Waals surface area contributed by atoms with Crippen LogP contribution in [0.15, 0.2) is 11.1 Å². The molecule has 0 heterocycles. The molecule has 0 aliphatic heterocycles. The van der Waals surface area contributed by atoms with Gasteiger partial charge in [-0.3, -0.25) is 14.7 Å². The van der Waals surface area contributed by atoms with Gasteiger partial charge in [0.2, 0.25) is 0 Å². The van der Waals surface area contributed by atoms with Gasteiger partial charge in [-0.1, -0.05) is 284 Å². The molecule has 0 aliphatic rings. The normalized spacial score (nSPS) is 12.1. The maximum atomic E-state index is 10.2. The van der Waals surface area contributed by atoms with E-state index in [2.05, 4.69) is 410 Å². The molecule has 0 aromatic carbocycles. The lowest BCUT2D eigenvalue weighted by Crippen LogP contribution is -2.53. The van der Waals surface area contributed by atoms with Crippen molar-refractivity contribution in [3.8, 4) is 0 Å². The Labute approximate surface area is 730 Å². The molecule has 0 amide bonds. The highest BCUT2D eigenvalue weighted by Gasteiger charge is 2.45. The largest absolute Gasteiger partial charge is 0.388 e. The molecule has 0 aromatic heterocycles. The minimum Gasteiger partial charge on any atom is -0.388 e. The van der Waals surface area contributed by atoms with E-state index in [1.807, 2.05) is 66.2 Å². The Kier molecular flexibility index (Phi) is 103. The first-order chi connectivity index (χ1) is 48.0. The van der Waals surface area contributed by atoms with E-state index in [9.17, 15) is 4.57 Å². The number of rotatable bonds is 21. The summed E-state index contributed by atoms with van der Waals surface area (Å²) in [6.07, 6.45) is 11.1. The fraction of sp³-hybridized carbons (Fsp3) is 0.979. The van der Waals surface area contributed by atoms with Crippen molar-refractivity contribution in [2.24, 2.45) is 32.5 Å². The summed E-state index contributed by atoms with van der Waals surface area (Å²) in [6.45, 7) is 140. The van der Waals surface area contributed by atoms with Crippen LogP contribution in [-0.4, -0.2) is 219 Å². The maximum Gasteiger partial charge on any atom is 0.162 e. The van der Waals surface area contributed by atoms with Crippen molar-refractivity contribution < 1.29 is 23.5 Å². The third kappa shape index (κ3) is 132. The zero-order valence-corrected chi connectivity index (χ0v) is 97.9. The number of nitrogens with zero attached hydrogens (tertiary/aromatic N) is 4. The molecule has 0 bridgehead atoms. The number of ether oxygens (including phenoxy) is 4. The monoisotopic (exact) mass is 1720 g/mol. The molecule has 0 N–H and O–H groups in total. The van der Waals surface area contributed by atoms with Gasteiger partial charge in [0.05, 0.1) is 24.0 Å². The van der Waals surface area contributed by atoms with Gasteiger partial charge in [-0.2, -0.15) is 11.8 Å². The van der Waals surface area contributed by atoms with Crippen LogP contribution in [0.3, 0.4) is 0 Å². The zero-order chi connectivity index (χ0) is 95.2. The van der Waals surface area contributed by atoms with Crippen LogP contribution in [0.1, 0.15) is 337 Å². The molecule has 0 spiro atoms. The molecule has 0 aliphatic carbocycles. The van der Waals surface area contributed by atoms with Gasteiger partial charge >= 0.3 is 0 Å². The fourth-order valence-electron chi connectivity index (χ4n) is 5.79. The van der Waals surface area contributed by atoms with E-state index in [4.69, 9.17) is 14.2 Å². The van der Waals surface area contributed by atoms with Crippen molar-refractivity contribution in [3.63, 3.8) is 0 Å². The topological polar surface area (TPSA) is 67.0 Å². The molecule has 16 heteroatoms. The smallest absolute Gasteiger partial charge is 0.162 e. The lowest BCUT2D eigenvalue weighted by atomic mass is 9.53. The predicted octanol–water partition coefficient (Wildman–Crippen LogP) is 33.2. The van der Waals surface area contributed by atoms with Gasteiger partial charge in [-0.25, -0.2) is 0 Å². The van der Waals surface area contributed by atoms with Crippen LogP contribution in [0.4, 0.5) is 0 Å². The van der Waals surface area contributed by atoms with Crippen LogP contribution in [0, 0.1) is 32.5 Å². The molecule has 0 atom stereocenters. The van der Waals surface area contributed by atoms with Gasteiger partial charge in [0, 0.05) is 61.8 Å². The maximum absolute atomic E-state index is 10.2. The number of thioether (sulfide) groups is 1. The summed E-state index contributed by atoms with van der Waals surface area (Å²) in [5.74, 6) is -0.399. The highest BCUT2D eigenvalue weighted by Crippen LogP contribution is 2.54. The molecule has 0 fully saturated rings. The van der Waals surface area contributed by atoms with Gasteiger partial charge in [0.1, 0.15) is 6.71 Å². The third-order valence-corrected chi connectivity index (χ3v) is 38.3. The number of methoxy groups -OCH3 is 1. The van der Waals surface area contributed by atoms with Crippen LogP contribution in [-0.2, 0) is 23.5 Å². The minimum absolute atomic E-state index is 0. The van der Waals surface area contributed by atoms with Crippen molar-refractivity contribution in [2.45, 2.75) is 456 Å². The fourth-order valence-corrected chi connectivity index (χ4v) is 5.79. The quantitative estimate of drug-likeness (QED) is 0.0480. The second kappa shape index (κ2) is 74.7. The number of allylic oxidation sites excluding steroid dienone is 2. The van der Waals surface area contributed by atoms with E-state index < -0.39 is 36.2 Å². The summed E-state index contributed by atoms with van der Waals surface area (Å²) in [5.41, 5.74) is 6.34. The first-order valence-electron chi connectivity index (χ1n) is 43.3. The molecule has 0 saturated heterocycles. The van der Waals surface area contributed by atoms with Crippen LogP contribution in [0.5, 0.6) is 0 Å². The van der Waals surface area contributed by atoms with Crippen molar-refractivity contribution in [1.29, 1.82) is 0 Å². The van der Waals surface area contributed by atoms with E-state index in [0.717, 1.165) is 32.6 Å². The Morgan fingerprint density at radius 2 is 0.589 bits per heavy atom. The summed E-state index contributed by atoms with van der Waals surface area (Å²) in [7, 11) is 12.5. The van der Waals surface area contributed by atoms with Gasteiger partial charge in [-0.15, -0.1) is 7.92 Å². The molecule has 9 nitrogen and oxygen atoms in total. The molecular formula is C96H237BN4O5P2SSi3. The SMILES string of the molecule is C.CB(C)C.CC(C)(C)C.CC(C)(C)C(C)(C)C.CC(C)=C(C)C.CCC(C)(C)C(C)(C)C(C)(C)CC.CCC(C)(C)N(C)C(C)(C)CC.CCC(C)(C)OC(C)(C)CC.CCN(C)C(C)(C)N(C)CC.CCOC(C)(C)OCC.CN(C)C.COC.CP(C)(C)=O.CP(C)C.CSC.C[Si](C)(C)C.C[Si](C)(C)[Si](C)(C)C. The molecule has 0 unspecified atom stereocenters. The Hall–Kier alpha value is 1.15. The van der Waals surface area contributed by atoms with Gasteiger partial charge < -0.3 is 28.4 Å². The second-order valence-electron chi connectivity index (χ2n) is 45.2. The summed E-state index contributed by atoms with van der Waals surface area (Å²) in [5, 5.41) is 0. The van der Waals surface area contributed by atoms with Crippen molar-refractivity contribution in [3.05, 3.63) is 11.1 Å². The summed E-state index contributed by atoms with van der Waals surface area (Å²) >= 11 is 1.75. The Morgan fingerprint density at radius 3 is 0.679 bits per heavy atom. The molecule has 0 aromatic rings. The van der Waals surface area contributed by atoms with E-state index in [0.29, 0.717) is 64.7 Å². The van der Waals surface area contributed by atoms with Crippen LogP contribution in [0.2, 0.25) is 85.9 Å². The average Bonchev–Trinajstić information content (AvgIpc) is 0.776. The third-order valence-electron chi connectivity index (χ3n) is 20.3. The number of hydrogen-bond acceptors (Lipinski definition) is 10. The van der Waals surface area contributed by atoms with Crippen LogP contribution in [0.25, 0.3) is 0 Å². The lowest BCUT2D eigenvalue weighted by molar-refractivity contribution is -0.207. The van der Waals surface area contributed by atoms with Crippen LogP contribution >= 0.6 is 26.8 Å². The molecule has 702 valence electrons. The standard InChI is InChI=1S/C13H28.C11H25N.C10H22O.C9H22N2.C8H18.C7H16O2.C6H18Si2.C6H12.C5H12.C4H12Si.C3H9B.C3H9N.C3H9OP.C3H9P.C2H6O.C2H6S.CH4/c1-9-11(3,4)13(7,8)12(5,6)10-2;1-8-10(3,4)12(7)11(5,6)9-2;1-7-9(3,4)11-10(5,6)8-2;1-7-10(5)9(3,4)11(6)8-2;1-7(2,3)8(4,5)6;1-5-8-7(3,4)9-6-2;1-7(2,3)8(4,5)6;1-5(2)6(3)4;2*1-5(2,3)4;2*1-4(2)3;1-5(2,3)4;1-4(2)3;2*1-3-2;/h9-10H2,1-8H3;8-9H2,1-7H3;2*7-8H2,1-6H3;1-6H3;5-6H2,1-4H3;1-6H3;1-4H3;2*1-4H3;2*1-3H3;1-3H3;1-3H3;2*1-2H3;1H4. The highest BCUT2D eigenvalue weighted by atomic mass is 32.2. The highest BCUT2D eigenvalue weighted by molar-refractivity contribution is 7.97. The van der Waals surface area contributed by atoms with Gasteiger partial charge in [0.15, 0.2) is 5.79 Å². The summed E-state index contributed by atoms with van der Waals surface area (Å²) < 4.78 is 30.9. The molecule has 0 rings (SSSR count). The first-order valence-corrected chi connectivity index (χ1v) is 62.6. The van der Waals surface area contributed by atoms with E-state index in [-0.39, 0.29) is 24.3 Å². The average molecular weight is 1720 g/mol. The predicted molar refractivity (Wildman–Crippen MR) is 558 cm³/mol. The molecule has 0 saturated carbocycles. The lowest BCUT2D eigenvalue weighted by Gasteiger charge is -2.52. The molecule has 0 radical (unpaired) electrons.